The molecule has 1 unspecified atom stereocenters. The highest BCUT2D eigenvalue weighted by Crippen LogP contribution is 2.40. The first kappa shape index (κ1) is 24.6. The van der Waals surface area contributed by atoms with Crippen molar-refractivity contribution in [3.8, 4) is 17.1 Å². The summed E-state index contributed by atoms with van der Waals surface area (Å²) in [5.74, 6) is 1.28. The zero-order valence-corrected chi connectivity index (χ0v) is 23.5. The fraction of sp³-hybridized carbons (Fsp3) is 0.0750. The number of aromatic nitrogens is 2. The summed E-state index contributed by atoms with van der Waals surface area (Å²) >= 11 is 0. The van der Waals surface area contributed by atoms with Gasteiger partial charge < -0.3 is 0 Å². The van der Waals surface area contributed by atoms with Crippen LogP contribution in [0.5, 0.6) is 0 Å². The average Bonchev–Trinajstić information content (AvgIpc) is 3.44. The van der Waals surface area contributed by atoms with Crippen LogP contribution in [0.2, 0.25) is 0 Å². The Labute approximate surface area is 245 Å². The van der Waals surface area contributed by atoms with E-state index in [1.807, 2.05) is 0 Å². The number of hydrogen-bond donors (Lipinski definition) is 0. The molecule has 1 aromatic heterocycles. The largest absolute Gasteiger partial charge is 0.292 e. The average molecular weight is 539 g/mol. The number of aryl methyl sites for hydroxylation is 1. The maximum Gasteiger partial charge on any atom is 0.145 e. The van der Waals surface area contributed by atoms with Gasteiger partial charge in [-0.3, -0.25) is 4.57 Å². The lowest BCUT2D eigenvalue weighted by atomic mass is 9.72. The smallest absolute Gasteiger partial charge is 0.145 e. The molecule has 0 N–H and O–H groups in total. The molecule has 42 heavy (non-hydrogen) atoms. The Morgan fingerprint density at radius 3 is 2.17 bits per heavy atom. The van der Waals surface area contributed by atoms with Gasteiger partial charge in [-0.1, -0.05) is 127 Å². The maximum absolute atomic E-state index is 5.04. The summed E-state index contributed by atoms with van der Waals surface area (Å²) < 4.78 is 2.28. The van der Waals surface area contributed by atoms with Crippen molar-refractivity contribution >= 4 is 22.2 Å². The van der Waals surface area contributed by atoms with E-state index in [2.05, 4.69) is 157 Å². The van der Waals surface area contributed by atoms with Gasteiger partial charge in [-0.05, 0) is 75.9 Å². The van der Waals surface area contributed by atoms with Crippen LogP contribution in [0.25, 0.3) is 39.3 Å². The molecule has 0 fully saturated rings. The summed E-state index contributed by atoms with van der Waals surface area (Å²) in [6.07, 6.45) is 7.88. The molecule has 6 aromatic rings. The van der Waals surface area contributed by atoms with Gasteiger partial charge in [-0.15, -0.1) is 0 Å². The van der Waals surface area contributed by atoms with Crippen molar-refractivity contribution in [2.75, 3.05) is 0 Å². The molecule has 0 radical (unpaired) electrons. The number of benzene rings is 5. The van der Waals surface area contributed by atoms with Crippen molar-refractivity contribution in [1.82, 2.24) is 9.55 Å². The maximum atomic E-state index is 5.04. The zero-order chi connectivity index (χ0) is 28.0. The van der Waals surface area contributed by atoms with E-state index >= 15 is 0 Å². The van der Waals surface area contributed by atoms with Crippen molar-refractivity contribution in [1.29, 1.82) is 0 Å². The molecule has 2 aliphatic carbocycles. The molecule has 0 saturated heterocycles. The number of allylic oxidation sites excluding steroid dienone is 4. The van der Waals surface area contributed by atoms with Gasteiger partial charge >= 0.3 is 0 Å². The van der Waals surface area contributed by atoms with Crippen LogP contribution >= 0.6 is 0 Å². The molecule has 2 heteroatoms. The molecule has 0 saturated carbocycles. The first-order valence-electron chi connectivity index (χ1n) is 14.7. The summed E-state index contributed by atoms with van der Waals surface area (Å²) in [6.45, 7) is 2.19. The third-order valence-electron chi connectivity index (χ3n) is 8.62. The number of fused-ring (bicyclic) bond motifs is 3. The molecular formula is C40H30N2. The second-order valence-electron chi connectivity index (χ2n) is 11.2. The van der Waals surface area contributed by atoms with E-state index in [9.17, 15) is 0 Å². The van der Waals surface area contributed by atoms with Crippen molar-refractivity contribution in [2.45, 2.75) is 13.3 Å². The molecule has 200 valence electrons. The second kappa shape index (κ2) is 10.0. The number of hydrogen-bond acceptors (Lipinski definition) is 1. The van der Waals surface area contributed by atoms with Gasteiger partial charge in [-0.2, -0.15) is 0 Å². The highest BCUT2D eigenvalue weighted by Gasteiger charge is 2.29. The Balaban J connectivity index is 1.36. The molecule has 8 rings (SSSR count). The molecule has 0 spiro atoms. The number of para-hydroxylation sites is 2. The molecule has 1 heterocycles. The Bertz CT molecular complexity index is 2150. The van der Waals surface area contributed by atoms with Crippen LogP contribution in [0.3, 0.4) is 0 Å². The van der Waals surface area contributed by atoms with Gasteiger partial charge in [0.2, 0.25) is 0 Å². The van der Waals surface area contributed by atoms with Gasteiger partial charge in [0.25, 0.3) is 0 Å². The quantitative estimate of drug-likeness (QED) is 0.223. The molecule has 0 aliphatic heterocycles. The summed E-state index contributed by atoms with van der Waals surface area (Å²) in [5.41, 5.74) is 12.3. The topological polar surface area (TPSA) is 17.8 Å². The lowest BCUT2D eigenvalue weighted by Crippen LogP contribution is -2.38. The third-order valence-corrected chi connectivity index (χ3v) is 8.62. The van der Waals surface area contributed by atoms with Crippen molar-refractivity contribution in [3.63, 3.8) is 0 Å². The fourth-order valence-electron chi connectivity index (χ4n) is 6.75. The van der Waals surface area contributed by atoms with Crippen LogP contribution in [0.4, 0.5) is 0 Å². The SMILES string of the molecule is Cc1ccc2c(c1)=C(c1ccc(-n3c(-c4ccccc4)nc4ccccc43)cc1)C1=CC=CCC1C=2c1ccccc1. The predicted molar refractivity (Wildman–Crippen MR) is 174 cm³/mol. The van der Waals surface area contributed by atoms with Crippen molar-refractivity contribution in [2.24, 2.45) is 5.92 Å². The second-order valence-corrected chi connectivity index (χ2v) is 11.2. The molecular weight excluding hydrogens is 508 g/mol. The van der Waals surface area contributed by atoms with E-state index in [-0.39, 0.29) is 0 Å². The van der Waals surface area contributed by atoms with E-state index in [4.69, 9.17) is 4.98 Å². The van der Waals surface area contributed by atoms with Crippen LogP contribution in [-0.2, 0) is 0 Å². The van der Waals surface area contributed by atoms with Gasteiger partial charge in [-0.25, -0.2) is 4.98 Å². The van der Waals surface area contributed by atoms with Crippen LogP contribution in [0.1, 0.15) is 23.1 Å². The minimum Gasteiger partial charge on any atom is -0.292 e. The van der Waals surface area contributed by atoms with Gasteiger partial charge in [0, 0.05) is 17.2 Å². The summed E-state index contributed by atoms with van der Waals surface area (Å²) in [4.78, 5) is 5.04. The zero-order valence-electron chi connectivity index (χ0n) is 23.5. The molecule has 2 aliphatic rings. The van der Waals surface area contributed by atoms with Crippen molar-refractivity contribution < 1.29 is 0 Å². The third kappa shape index (κ3) is 3.99. The van der Waals surface area contributed by atoms with Crippen molar-refractivity contribution in [3.05, 3.63) is 178 Å². The number of nitrogens with zero attached hydrogens (tertiary/aromatic N) is 2. The molecule has 0 bridgehead atoms. The first-order valence-corrected chi connectivity index (χ1v) is 14.7. The predicted octanol–water partition coefficient (Wildman–Crippen LogP) is 7.92. The van der Waals surface area contributed by atoms with Crippen LogP contribution < -0.4 is 10.4 Å². The van der Waals surface area contributed by atoms with Gasteiger partial charge in [0.15, 0.2) is 0 Å². The highest BCUT2D eigenvalue weighted by atomic mass is 15.1. The summed E-state index contributed by atoms with van der Waals surface area (Å²) in [5, 5.41) is 2.66. The minimum atomic E-state index is 0.324. The number of rotatable bonds is 4. The monoisotopic (exact) mass is 538 g/mol. The first-order chi connectivity index (χ1) is 20.8. The summed E-state index contributed by atoms with van der Waals surface area (Å²) in [7, 11) is 0. The van der Waals surface area contributed by atoms with E-state index in [1.54, 1.807) is 0 Å². The molecule has 2 nitrogen and oxygen atoms in total. The van der Waals surface area contributed by atoms with E-state index < -0.39 is 0 Å². The Hall–Kier alpha value is -5.21. The molecule has 5 aromatic carbocycles. The van der Waals surface area contributed by atoms with E-state index in [0.29, 0.717) is 5.92 Å². The number of imidazole rings is 1. The normalized spacial score (nSPS) is 15.8. The molecule has 0 amide bonds. The van der Waals surface area contributed by atoms with Gasteiger partial charge in [0.05, 0.1) is 11.0 Å². The van der Waals surface area contributed by atoms with Crippen LogP contribution in [0.15, 0.2) is 151 Å². The van der Waals surface area contributed by atoms with Gasteiger partial charge in [0.1, 0.15) is 5.82 Å². The highest BCUT2D eigenvalue weighted by molar-refractivity contribution is 5.89. The van der Waals surface area contributed by atoms with E-state index in [1.165, 1.54) is 43.8 Å². The lowest BCUT2D eigenvalue weighted by Gasteiger charge is -2.31. The standard InChI is InChI=1S/C40H30N2/c1-27-20-25-34-35(26-27)39(33-17-9-8-16-32(33)38(34)28-12-4-2-5-13-28)29-21-23-31(24-22-29)42-37-19-11-10-18-36(37)41-40(42)30-14-6-3-7-15-30/h2-15,17-26,32H,16H2,1H3. The lowest BCUT2D eigenvalue weighted by molar-refractivity contribution is 0.797. The molecule has 1 atom stereocenters. The van der Waals surface area contributed by atoms with Crippen LogP contribution in [0, 0.1) is 12.8 Å². The Morgan fingerprint density at radius 1 is 0.667 bits per heavy atom. The van der Waals surface area contributed by atoms with E-state index in [0.717, 1.165) is 34.5 Å². The Morgan fingerprint density at radius 2 is 1.38 bits per heavy atom. The minimum absolute atomic E-state index is 0.324. The fourth-order valence-corrected chi connectivity index (χ4v) is 6.75. The summed E-state index contributed by atoms with van der Waals surface area (Å²) in [6, 6.07) is 45.8. The Kier molecular flexibility index (Phi) is 5.86. The van der Waals surface area contributed by atoms with Crippen LogP contribution in [-0.4, -0.2) is 9.55 Å².